The fraction of sp³-hybridized carbons (Fsp3) is 0.238. The highest BCUT2D eigenvalue weighted by atomic mass is 35.5. The highest BCUT2D eigenvalue weighted by Crippen LogP contribution is 2.40. The highest BCUT2D eigenvalue weighted by molar-refractivity contribution is 7.92. The molecular formula is C21H22ClN5O2S. The summed E-state index contributed by atoms with van der Waals surface area (Å²) in [7, 11) is -3.41. The lowest BCUT2D eigenvalue weighted by atomic mass is 9.85. The molecule has 0 radical (unpaired) electrons. The average Bonchev–Trinajstić information content (AvgIpc) is 3.31. The number of anilines is 1. The standard InChI is InChI=1S/C21H22ClN5O2S/c1-4-21(20-23-14(2)24-25-20,15-8-10-16(22)11-9-15)27-13-12-17-18(26-30(3,28)29)6-5-7-19(17)27/h5-13,26H,4H2,1-3H3,(H,23,24,25)/t21-/m1/s1. The maximum absolute atomic E-state index is 11.8. The van der Waals surface area contributed by atoms with E-state index in [2.05, 4.69) is 31.4 Å². The number of nitrogens with one attached hydrogen (secondary N) is 2. The summed E-state index contributed by atoms with van der Waals surface area (Å²) >= 11 is 6.15. The Morgan fingerprint density at radius 3 is 2.50 bits per heavy atom. The molecule has 4 aromatic rings. The first-order chi connectivity index (χ1) is 14.2. The van der Waals surface area contributed by atoms with Crippen LogP contribution in [0.4, 0.5) is 5.69 Å². The van der Waals surface area contributed by atoms with E-state index in [-0.39, 0.29) is 0 Å². The summed E-state index contributed by atoms with van der Waals surface area (Å²) in [6, 6.07) is 15.1. The largest absolute Gasteiger partial charge is 0.330 e. The van der Waals surface area contributed by atoms with Crippen molar-refractivity contribution < 1.29 is 8.42 Å². The fourth-order valence-corrected chi connectivity index (χ4v) is 4.65. The molecule has 4 rings (SSSR count). The lowest BCUT2D eigenvalue weighted by Crippen LogP contribution is -2.36. The van der Waals surface area contributed by atoms with Crippen molar-refractivity contribution in [1.82, 2.24) is 19.7 Å². The predicted molar refractivity (Wildman–Crippen MR) is 119 cm³/mol. The number of aryl methyl sites for hydroxylation is 1. The molecule has 2 N–H and O–H groups in total. The van der Waals surface area contributed by atoms with Gasteiger partial charge in [0.2, 0.25) is 10.0 Å². The Kier molecular flexibility index (Phi) is 5.07. The van der Waals surface area contributed by atoms with Crippen LogP contribution in [-0.4, -0.2) is 34.4 Å². The minimum absolute atomic E-state index is 0.529. The first-order valence-electron chi connectivity index (χ1n) is 9.48. The molecule has 2 aromatic heterocycles. The van der Waals surface area contributed by atoms with E-state index in [4.69, 9.17) is 11.6 Å². The van der Waals surface area contributed by atoms with Crippen LogP contribution in [0, 0.1) is 6.92 Å². The van der Waals surface area contributed by atoms with Gasteiger partial charge in [-0.15, -0.1) is 0 Å². The number of hydrogen-bond donors (Lipinski definition) is 2. The van der Waals surface area contributed by atoms with E-state index < -0.39 is 15.6 Å². The van der Waals surface area contributed by atoms with Crippen LogP contribution in [-0.2, 0) is 15.6 Å². The lowest BCUT2D eigenvalue weighted by Gasteiger charge is -2.33. The van der Waals surface area contributed by atoms with Crippen LogP contribution in [0.25, 0.3) is 10.9 Å². The van der Waals surface area contributed by atoms with Crippen LogP contribution < -0.4 is 4.72 Å². The van der Waals surface area contributed by atoms with Gasteiger partial charge in [-0.1, -0.05) is 36.7 Å². The minimum atomic E-state index is -3.41. The van der Waals surface area contributed by atoms with Crippen molar-refractivity contribution in [2.75, 3.05) is 11.0 Å². The second-order valence-electron chi connectivity index (χ2n) is 7.26. The van der Waals surface area contributed by atoms with E-state index in [0.29, 0.717) is 28.8 Å². The molecule has 156 valence electrons. The zero-order valence-corrected chi connectivity index (χ0v) is 18.4. The van der Waals surface area contributed by atoms with E-state index in [0.717, 1.165) is 22.7 Å². The topological polar surface area (TPSA) is 92.7 Å². The lowest BCUT2D eigenvalue weighted by molar-refractivity contribution is 0.404. The molecule has 2 aromatic carbocycles. The van der Waals surface area contributed by atoms with Gasteiger partial charge in [0.05, 0.1) is 17.5 Å². The summed E-state index contributed by atoms with van der Waals surface area (Å²) in [5.41, 5.74) is 1.66. The van der Waals surface area contributed by atoms with Crippen LogP contribution in [0.3, 0.4) is 0 Å². The van der Waals surface area contributed by atoms with Gasteiger partial charge in [-0.3, -0.25) is 9.82 Å². The Morgan fingerprint density at radius 2 is 1.90 bits per heavy atom. The highest BCUT2D eigenvalue weighted by Gasteiger charge is 2.39. The Labute approximate surface area is 180 Å². The molecule has 0 bridgehead atoms. The summed E-state index contributed by atoms with van der Waals surface area (Å²) < 4.78 is 28.4. The Bertz CT molecular complexity index is 1310. The van der Waals surface area contributed by atoms with E-state index in [1.165, 1.54) is 0 Å². The molecule has 9 heteroatoms. The third kappa shape index (κ3) is 3.46. The van der Waals surface area contributed by atoms with Crippen molar-refractivity contribution in [3.8, 4) is 0 Å². The van der Waals surface area contributed by atoms with Gasteiger partial charge in [-0.25, -0.2) is 13.4 Å². The summed E-state index contributed by atoms with van der Waals surface area (Å²) in [5.74, 6) is 1.34. The normalized spacial score (nSPS) is 14.0. The van der Waals surface area contributed by atoms with Gasteiger partial charge >= 0.3 is 0 Å². The summed E-state index contributed by atoms with van der Waals surface area (Å²) in [6.45, 7) is 3.94. The molecule has 0 unspecified atom stereocenters. The first-order valence-corrected chi connectivity index (χ1v) is 11.8. The number of halogens is 1. The van der Waals surface area contributed by atoms with Crippen molar-refractivity contribution in [3.05, 3.63) is 77.0 Å². The van der Waals surface area contributed by atoms with Gasteiger partial charge in [-0.2, -0.15) is 5.10 Å². The van der Waals surface area contributed by atoms with Crippen molar-refractivity contribution in [2.45, 2.75) is 25.8 Å². The molecule has 0 spiro atoms. The Morgan fingerprint density at radius 1 is 1.17 bits per heavy atom. The number of aromatic amines is 1. The molecule has 1 atom stereocenters. The van der Waals surface area contributed by atoms with E-state index in [1.807, 2.05) is 55.6 Å². The van der Waals surface area contributed by atoms with Crippen molar-refractivity contribution >= 4 is 38.2 Å². The number of fused-ring (bicyclic) bond motifs is 1. The maximum Gasteiger partial charge on any atom is 0.229 e. The zero-order valence-electron chi connectivity index (χ0n) is 16.8. The van der Waals surface area contributed by atoms with Gasteiger partial charge in [-0.05, 0) is 49.2 Å². The maximum atomic E-state index is 11.8. The number of rotatable bonds is 6. The Hall–Kier alpha value is -2.84. The molecule has 0 aliphatic heterocycles. The predicted octanol–water partition coefficient (Wildman–Crippen LogP) is 4.29. The van der Waals surface area contributed by atoms with Crippen LogP contribution in [0.2, 0.25) is 5.02 Å². The Balaban J connectivity index is 2.02. The number of aromatic nitrogens is 4. The monoisotopic (exact) mass is 443 g/mol. The van der Waals surface area contributed by atoms with Gasteiger partial charge in [0.1, 0.15) is 11.4 Å². The fourth-order valence-electron chi connectivity index (χ4n) is 3.95. The van der Waals surface area contributed by atoms with Crippen LogP contribution >= 0.6 is 11.6 Å². The molecule has 0 saturated carbocycles. The number of hydrogen-bond acceptors (Lipinski definition) is 4. The van der Waals surface area contributed by atoms with Gasteiger partial charge in [0.15, 0.2) is 5.82 Å². The summed E-state index contributed by atoms with van der Waals surface area (Å²) in [6.07, 6.45) is 3.75. The second-order valence-corrected chi connectivity index (χ2v) is 9.45. The summed E-state index contributed by atoms with van der Waals surface area (Å²) in [5, 5.41) is 8.89. The van der Waals surface area contributed by atoms with Crippen LogP contribution in [0.5, 0.6) is 0 Å². The number of nitrogens with zero attached hydrogens (tertiary/aromatic N) is 3. The quantitative estimate of drug-likeness (QED) is 0.464. The molecule has 0 saturated heterocycles. The van der Waals surface area contributed by atoms with Gasteiger partial charge < -0.3 is 4.57 Å². The molecule has 7 nitrogen and oxygen atoms in total. The number of sulfonamides is 1. The van der Waals surface area contributed by atoms with Gasteiger partial charge in [0.25, 0.3) is 0 Å². The van der Waals surface area contributed by atoms with Crippen molar-refractivity contribution in [1.29, 1.82) is 0 Å². The average molecular weight is 444 g/mol. The van der Waals surface area contributed by atoms with Gasteiger partial charge in [0, 0.05) is 16.6 Å². The molecule has 0 amide bonds. The molecular weight excluding hydrogens is 422 g/mol. The third-order valence-corrected chi connectivity index (χ3v) is 6.08. The zero-order chi connectivity index (χ0) is 21.5. The second kappa shape index (κ2) is 7.45. The van der Waals surface area contributed by atoms with Crippen LogP contribution in [0.1, 0.15) is 30.6 Å². The van der Waals surface area contributed by atoms with E-state index in [1.54, 1.807) is 6.07 Å². The number of H-pyrrole nitrogens is 1. The number of benzene rings is 2. The SMILES string of the molecule is CC[C@@](c1ccc(Cl)cc1)(c1n[nH]c(C)n1)n1ccc2c(NS(C)(=O)=O)cccc21. The van der Waals surface area contributed by atoms with Crippen LogP contribution in [0.15, 0.2) is 54.7 Å². The molecule has 0 aliphatic rings. The smallest absolute Gasteiger partial charge is 0.229 e. The minimum Gasteiger partial charge on any atom is -0.330 e. The first kappa shape index (κ1) is 20.4. The van der Waals surface area contributed by atoms with Crippen molar-refractivity contribution in [3.63, 3.8) is 0 Å². The third-order valence-electron chi connectivity index (χ3n) is 5.24. The summed E-state index contributed by atoms with van der Waals surface area (Å²) in [4.78, 5) is 4.67. The molecule has 0 fully saturated rings. The molecule has 2 heterocycles. The van der Waals surface area contributed by atoms with E-state index >= 15 is 0 Å². The molecule has 30 heavy (non-hydrogen) atoms. The molecule has 0 aliphatic carbocycles. The van der Waals surface area contributed by atoms with Crippen molar-refractivity contribution in [2.24, 2.45) is 0 Å². The van der Waals surface area contributed by atoms with E-state index in [9.17, 15) is 8.42 Å².